The Morgan fingerprint density at radius 2 is 0.877 bits per heavy atom. The number of aromatic nitrogens is 1. The van der Waals surface area contributed by atoms with Crippen molar-refractivity contribution < 1.29 is 5.11 Å². The van der Waals surface area contributed by atoms with Gasteiger partial charge in [0.15, 0.2) is 0 Å². The Kier molecular flexibility index (Phi) is 12.4. The molecule has 0 bridgehead atoms. The van der Waals surface area contributed by atoms with Crippen LogP contribution in [0.25, 0.3) is 86.8 Å². The predicted octanol–water partition coefficient (Wildman–Crippen LogP) is 18.1. The number of hydrogen-bond acceptors (Lipinski definition) is 1. The molecular formula is C63H57NO. The monoisotopic (exact) mass is 843 g/mol. The average molecular weight is 844 g/mol. The Morgan fingerprint density at radius 1 is 0.369 bits per heavy atom. The zero-order valence-electron chi connectivity index (χ0n) is 38.4. The molecule has 11 aromatic carbocycles. The summed E-state index contributed by atoms with van der Waals surface area (Å²) >= 11 is 0. The molecule has 0 fully saturated rings. The van der Waals surface area contributed by atoms with Crippen LogP contribution >= 0.6 is 0 Å². The standard InChI is InChI=1S/C19H13N.C16H10O.2C13H14.C2H6/c1-2-6-14-12(5-1)9-13-10-17-15-7-3-4-8-18(15)20-19(17)11-16(13)14;17-14-9-7-12-5-4-10-2-1-3-11-6-8-13(14)16(12)15(10)11;2*1-10(2)12-8-7-11-5-3-4-6-13(11)9-12;1-2/h1-8,10-11,20H,9H2;1-9,17H;2*3-10H,1-2H3;1-2H3. The Bertz CT molecular complexity index is 3470. The summed E-state index contributed by atoms with van der Waals surface area (Å²) in [5, 5.41) is 24.9. The molecule has 1 aromatic heterocycles. The van der Waals surface area contributed by atoms with Crippen LogP contribution in [0, 0.1) is 0 Å². The van der Waals surface area contributed by atoms with Crippen LogP contribution in [0.1, 0.15) is 75.6 Å². The first-order valence-electron chi connectivity index (χ1n) is 23.2. The van der Waals surface area contributed by atoms with E-state index >= 15 is 0 Å². The number of benzene rings is 11. The molecule has 0 aliphatic heterocycles. The Morgan fingerprint density at radius 3 is 1.52 bits per heavy atom. The van der Waals surface area contributed by atoms with Gasteiger partial charge >= 0.3 is 0 Å². The molecule has 0 spiro atoms. The van der Waals surface area contributed by atoms with Gasteiger partial charge < -0.3 is 10.1 Å². The molecule has 0 atom stereocenters. The maximum atomic E-state index is 9.95. The smallest absolute Gasteiger partial charge is 0.123 e. The van der Waals surface area contributed by atoms with E-state index in [0.717, 1.165) is 11.8 Å². The van der Waals surface area contributed by atoms with Crippen molar-refractivity contribution in [2.75, 3.05) is 0 Å². The highest BCUT2D eigenvalue weighted by molar-refractivity contribution is 6.24. The van der Waals surface area contributed by atoms with E-state index in [2.05, 4.69) is 215 Å². The van der Waals surface area contributed by atoms with Crippen molar-refractivity contribution in [2.45, 2.75) is 59.8 Å². The Balaban J connectivity index is 0.000000110. The van der Waals surface area contributed by atoms with Crippen molar-refractivity contribution in [3.63, 3.8) is 0 Å². The van der Waals surface area contributed by atoms with Gasteiger partial charge in [0, 0.05) is 32.6 Å². The predicted molar refractivity (Wildman–Crippen MR) is 283 cm³/mol. The minimum Gasteiger partial charge on any atom is -0.507 e. The van der Waals surface area contributed by atoms with E-state index in [0.29, 0.717) is 17.6 Å². The SMILES string of the molecule is CC.CC(C)c1ccc2ccccc2c1.CC(C)c1ccc2ccccc2c1.Oc1ccc2ccc3cccc4ccc1c2c34.c1ccc2c(c1)Cc1cc3c(cc1-2)[nH]c1ccccc13. The summed E-state index contributed by atoms with van der Waals surface area (Å²) in [6, 6.07) is 70.7. The summed E-state index contributed by atoms with van der Waals surface area (Å²) in [6.07, 6.45) is 1.06. The largest absolute Gasteiger partial charge is 0.507 e. The van der Waals surface area contributed by atoms with Gasteiger partial charge in [0.2, 0.25) is 0 Å². The lowest BCUT2D eigenvalue weighted by Crippen LogP contribution is -1.85. The highest BCUT2D eigenvalue weighted by Gasteiger charge is 2.19. The molecule has 2 heteroatoms. The number of para-hydroxylation sites is 1. The van der Waals surface area contributed by atoms with Gasteiger partial charge in [-0.25, -0.2) is 0 Å². The Hall–Kier alpha value is -7.42. The van der Waals surface area contributed by atoms with Gasteiger partial charge in [-0.15, -0.1) is 0 Å². The first-order valence-corrected chi connectivity index (χ1v) is 23.2. The number of H-pyrrole nitrogens is 1. The first-order chi connectivity index (χ1) is 31.8. The summed E-state index contributed by atoms with van der Waals surface area (Å²) in [5.41, 5.74) is 11.0. The maximum Gasteiger partial charge on any atom is 0.123 e. The maximum absolute atomic E-state index is 9.95. The van der Waals surface area contributed by atoms with Crippen molar-refractivity contribution in [3.05, 3.63) is 222 Å². The van der Waals surface area contributed by atoms with Gasteiger partial charge in [0.1, 0.15) is 5.75 Å². The summed E-state index contributed by atoms with van der Waals surface area (Å²) in [7, 11) is 0. The molecule has 65 heavy (non-hydrogen) atoms. The molecule has 0 radical (unpaired) electrons. The third-order valence-corrected chi connectivity index (χ3v) is 12.8. The number of nitrogens with one attached hydrogen (secondary N) is 1. The molecule has 1 heterocycles. The van der Waals surface area contributed by atoms with Crippen LogP contribution in [0.5, 0.6) is 5.75 Å². The summed E-state index contributed by atoms with van der Waals surface area (Å²) < 4.78 is 0. The molecule has 0 saturated heterocycles. The molecule has 0 unspecified atom stereocenters. The molecule has 320 valence electrons. The van der Waals surface area contributed by atoms with Gasteiger partial charge in [-0.05, 0) is 119 Å². The van der Waals surface area contributed by atoms with E-state index in [4.69, 9.17) is 0 Å². The summed E-state index contributed by atoms with van der Waals surface area (Å²) in [5.74, 6) is 1.59. The highest BCUT2D eigenvalue weighted by atomic mass is 16.3. The van der Waals surface area contributed by atoms with Crippen molar-refractivity contribution in [1.82, 2.24) is 4.98 Å². The van der Waals surface area contributed by atoms with Crippen LogP contribution in [0.4, 0.5) is 0 Å². The number of fused-ring (bicyclic) bond motifs is 8. The second-order valence-electron chi connectivity index (χ2n) is 17.5. The van der Waals surface area contributed by atoms with Gasteiger partial charge in [0.05, 0.1) is 0 Å². The molecule has 2 nitrogen and oxygen atoms in total. The molecule has 1 aliphatic rings. The number of rotatable bonds is 2. The zero-order chi connectivity index (χ0) is 45.0. The van der Waals surface area contributed by atoms with E-state index in [1.165, 1.54) is 104 Å². The lowest BCUT2D eigenvalue weighted by molar-refractivity contribution is 0.482. The topological polar surface area (TPSA) is 36.0 Å². The summed E-state index contributed by atoms with van der Waals surface area (Å²) in [6.45, 7) is 12.9. The Labute approximate surface area is 383 Å². The van der Waals surface area contributed by atoms with E-state index < -0.39 is 0 Å². The quantitative estimate of drug-likeness (QED) is 0.167. The fourth-order valence-electron chi connectivity index (χ4n) is 9.34. The van der Waals surface area contributed by atoms with Crippen molar-refractivity contribution in [3.8, 4) is 16.9 Å². The fourth-order valence-corrected chi connectivity index (χ4v) is 9.34. The van der Waals surface area contributed by atoms with Crippen molar-refractivity contribution in [2.24, 2.45) is 0 Å². The molecular weight excluding hydrogens is 787 g/mol. The number of phenolic OH excluding ortho intramolecular Hbond substituents is 1. The van der Waals surface area contributed by atoms with Gasteiger partial charge in [-0.1, -0.05) is 217 Å². The van der Waals surface area contributed by atoms with Crippen LogP contribution in [0.2, 0.25) is 0 Å². The lowest BCUT2D eigenvalue weighted by Gasteiger charge is -2.11. The van der Waals surface area contributed by atoms with E-state index in [1.807, 2.05) is 26.0 Å². The number of phenols is 1. The zero-order valence-corrected chi connectivity index (χ0v) is 38.4. The number of aromatic amines is 1. The first kappa shape index (κ1) is 42.9. The fraction of sp³-hybridized carbons (Fsp3) is 0.143. The lowest BCUT2D eigenvalue weighted by atomic mass is 9.94. The minimum atomic E-state index is 0.357. The molecule has 13 rings (SSSR count). The summed E-state index contributed by atoms with van der Waals surface area (Å²) in [4.78, 5) is 3.54. The van der Waals surface area contributed by atoms with Gasteiger partial charge in [-0.3, -0.25) is 0 Å². The third-order valence-electron chi connectivity index (χ3n) is 12.8. The number of hydrogen-bond donors (Lipinski definition) is 2. The van der Waals surface area contributed by atoms with Gasteiger partial charge in [0.25, 0.3) is 0 Å². The van der Waals surface area contributed by atoms with Crippen LogP contribution in [0.3, 0.4) is 0 Å². The second-order valence-corrected chi connectivity index (χ2v) is 17.5. The number of aromatic hydroxyl groups is 1. The molecule has 1 aliphatic carbocycles. The molecule has 0 saturated carbocycles. The highest BCUT2D eigenvalue weighted by Crippen LogP contribution is 2.41. The van der Waals surface area contributed by atoms with Crippen LogP contribution in [-0.2, 0) is 6.42 Å². The molecule has 0 amide bonds. The molecule has 2 N–H and O–H groups in total. The van der Waals surface area contributed by atoms with E-state index in [1.54, 1.807) is 6.07 Å². The van der Waals surface area contributed by atoms with E-state index in [-0.39, 0.29) is 0 Å². The normalized spacial score (nSPS) is 11.5. The van der Waals surface area contributed by atoms with E-state index in [9.17, 15) is 5.11 Å². The molecule has 12 aromatic rings. The van der Waals surface area contributed by atoms with Crippen LogP contribution in [0.15, 0.2) is 200 Å². The van der Waals surface area contributed by atoms with Crippen molar-refractivity contribution in [1.29, 1.82) is 0 Å². The van der Waals surface area contributed by atoms with Crippen molar-refractivity contribution >= 4 is 75.7 Å². The third kappa shape index (κ3) is 8.65. The van der Waals surface area contributed by atoms with Crippen LogP contribution < -0.4 is 0 Å². The average Bonchev–Trinajstić information content (AvgIpc) is 3.91. The minimum absolute atomic E-state index is 0.357. The van der Waals surface area contributed by atoms with Crippen LogP contribution in [-0.4, -0.2) is 10.1 Å². The van der Waals surface area contributed by atoms with Gasteiger partial charge in [-0.2, -0.15) is 0 Å². The second kappa shape index (κ2) is 18.7.